The lowest BCUT2D eigenvalue weighted by Crippen LogP contribution is -2.29. The smallest absolute Gasteiger partial charge is 0.318 e. The molecule has 0 aromatic heterocycles. The summed E-state index contributed by atoms with van der Waals surface area (Å²) in [5, 5.41) is 4.66. The molecule has 0 spiro atoms. The molecule has 132 valence electrons. The van der Waals surface area contributed by atoms with Crippen LogP contribution in [0, 0.1) is 0 Å². The molecule has 0 bridgehead atoms. The molecular formula is C18H17F3N2O2. The van der Waals surface area contributed by atoms with Crippen molar-refractivity contribution in [2.24, 2.45) is 0 Å². The van der Waals surface area contributed by atoms with Crippen molar-refractivity contribution in [3.05, 3.63) is 59.7 Å². The zero-order valence-electron chi connectivity index (χ0n) is 13.6. The van der Waals surface area contributed by atoms with Gasteiger partial charge in [-0.1, -0.05) is 38.1 Å². The highest BCUT2D eigenvalue weighted by atomic mass is 19.4. The van der Waals surface area contributed by atoms with E-state index in [0.717, 1.165) is 23.8 Å². The van der Waals surface area contributed by atoms with Gasteiger partial charge in [0.05, 0.1) is 5.56 Å². The summed E-state index contributed by atoms with van der Waals surface area (Å²) in [7, 11) is 0. The van der Waals surface area contributed by atoms with Crippen LogP contribution >= 0.6 is 0 Å². The number of amides is 2. The van der Waals surface area contributed by atoms with E-state index in [9.17, 15) is 22.8 Å². The lowest BCUT2D eigenvalue weighted by Gasteiger charge is -2.14. The molecule has 0 aliphatic carbocycles. The number of benzene rings is 2. The monoisotopic (exact) mass is 350 g/mol. The maximum atomic E-state index is 12.7. The highest BCUT2D eigenvalue weighted by Crippen LogP contribution is 2.30. The normalized spacial score (nSPS) is 11.3. The van der Waals surface area contributed by atoms with Gasteiger partial charge < -0.3 is 10.6 Å². The van der Waals surface area contributed by atoms with Crippen LogP contribution < -0.4 is 10.6 Å². The molecule has 0 heterocycles. The summed E-state index contributed by atoms with van der Waals surface area (Å²) in [6.07, 6.45) is -4.53. The third-order valence-electron chi connectivity index (χ3n) is 3.48. The molecule has 0 atom stereocenters. The van der Waals surface area contributed by atoms with Gasteiger partial charge in [-0.3, -0.25) is 9.59 Å². The number of halogens is 3. The Kier molecular flexibility index (Phi) is 5.46. The van der Waals surface area contributed by atoms with Crippen molar-refractivity contribution in [2.75, 3.05) is 10.6 Å². The molecule has 2 N–H and O–H groups in total. The summed E-state index contributed by atoms with van der Waals surface area (Å²) < 4.78 is 38.0. The van der Waals surface area contributed by atoms with Gasteiger partial charge in [0.25, 0.3) is 0 Å². The Morgan fingerprint density at radius 2 is 1.56 bits per heavy atom. The first-order chi connectivity index (χ1) is 11.7. The van der Waals surface area contributed by atoms with E-state index in [1.165, 1.54) is 6.07 Å². The molecule has 2 aromatic rings. The average molecular weight is 350 g/mol. The van der Waals surface area contributed by atoms with Gasteiger partial charge in [-0.25, -0.2) is 0 Å². The van der Waals surface area contributed by atoms with E-state index in [0.29, 0.717) is 5.69 Å². The number of hydrogen-bond acceptors (Lipinski definition) is 2. The standard InChI is InChI=1S/C18H17F3N2O2/c1-11(2)14-8-3-4-9-15(14)23-17(25)16(24)22-13-7-5-6-12(10-13)18(19,20)21/h3-11H,1-2H3,(H,22,24)(H,23,25). The first-order valence-corrected chi connectivity index (χ1v) is 7.57. The molecule has 0 aliphatic heterocycles. The minimum atomic E-state index is -4.53. The summed E-state index contributed by atoms with van der Waals surface area (Å²) >= 11 is 0. The Hall–Kier alpha value is -2.83. The molecule has 25 heavy (non-hydrogen) atoms. The number of para-hydroxylation sites is 1. The highest BCUT2D eigenvalue weighted by Gasteiger charge is 2.30. The van der Waals surface area contributed by atoms with Crippen LogP contribution in [0.3, 0.4) is 0 Å². The van der Waals surface area contributed by atoms with E-state index < -0.39 is 23.6 Å². The van der Waals surface area contributed by atoms with Crippen LogP contribution in [0.15, 0.2) is 48.5 Å². The predicted molar refractivity (Wildman–Crippen MR) is 89.2 cm³/mol. The van der Waals surface area contributed by atoms with Crippen molar-refractivity contribution in [1.82, 2.24) is 0 Å². The van der Waals surface area contributed by atoms with Crippen molar-refractivity contribution < 1.29 is 22.8 Å². The molecule has 0 saturated carbocycles. The number of carbonyl (C=O) groups excluding carboxylic acids is 2. The minimum Gasteiger partial charge on any atom is -0.318 e. The third kappa shape index (κ3) is 4.82. The number of carbonyl (C=O) groups is 2. The highest BCUT2D eigenvalue weighted by molar-refractivity contribution is 6.43. The quantitative estimate of drug-likeness (QED) is 0.806. The molecule has 0 aliphatic rings. The number of alkyl halides is 3. The van der Waals surface area contributed by atoms with Crippen LogP contribution in [0.5, 0.6) is 0 Å². The van der Waals surface area contributed by atoms with E-state index in [2.05, 4.69) is 10.6 Å². The topological polar surface area (TPSA) is 58.2 Å². The maximum absolute atomic E-state index is 12.7. The molecule has 0 radical (unpaired) electrons. The molecule has 2 amide bonds. The van der Waals surface area contributed by atoms with Crippen LogP contribution in [0.1, 0.15) is 30.9 Å². The molecule has 7 heteroatoms. The lowest BCUT2D eigenvalue weighted by atomic mass is 10.0. The Bertz CT molecular complexity index is 786. The average Bonchev–Trinajstić information content (AvgIpc) is 2.54. The van der Waals surface area contributed by atoms with Crippen molar-refractivity contribution in [1.29, 1.82) is 0 Å². The van der Waals surface area contributed by atoms with Gasteiger partial charge in [0.2, 0.25) is 0 Å². The summed E-state index contributed by atoms with van der Waals surface area (Å²) in [6.45, 7) is 3.88. The Balaban J connectivity index is 2.11. The van der Waals surface area contributed by atoms with Crippen LogP contribution in [0.2, 0.25) is 0 Å². The molecule has 2 rings (SSSR count). The van der Waals surface area contributed by atoms with Crippen LogP contribution in [-0.2, 0) is 15.8 Å². The molecular weight excluding hydrogens is 333 g/mol. The summed E-state index contributed by atoms with van der Waals surface area (Å²) in [5.41, 5.74) is 0.326. The number of nitrogens with one attached hydrogen (secondary N) is 2. The van der Waals surface area contributed by atoms with Crippen molar-refractivity contribution in [2.45, 2.75) is 25.9 Å². The van der Waals surface area contributed by atoms with Gasteiger partial charge in [-0.2, -0.15) is 13.2 Å². The van der Waals surface area contributed by atoms with Crippen molar-refractivity contribution in [3.8, 4) is 0 Å². The van der Waals surface area contributed by atoms with Gasteiger partial charge in [0.1, 0.15) is 0 Å². The van der Waals surface area contributed by atoms with Crippen molar-refractivity contribution >= 4 is 23.2 Å². The van der Waals surface area contributed by atoms with Crippen molar-refractivity contribution in [3.63, 3.8) is 0 Å². The van der Waals surface area contributed by atoms with E-state index in [-0.39, 0.29) is 11.6 Å². The predicted octanol–water partition coefficient (Wildman–Crippen LogP) is 4.41. The fourth-order valence-corrected chi connectivity index (χ4v) is 2.25. The molecule has 0 fully saturated rings. The van der Waals surface area contributed by atoms with Gasteiger partial charge in [-0.05, 0) is 35.7 Å². The molecule has 2 aromatic carbocycles. The Morgan fingerprint density at radius 1 is 0.920 bits per heavy atom. The second kappa shape index (κ2) is 7.38. The number of hydrogen-bond donors (Lipinski definition) is 2. The van der Waals surface area contributed by atoms with Gasteiger partial charge >= 0.3 is 18.0 Å². The minimum absolute atomic E-state index is 0.105. The summed E-state index contributed by atoms with van der Waals surface area (Å²) in [6, 6.07) is 11.1. The number of anilines is 2. The molecule has 4 nitrogen and oxygen atoms in total. The zero-order chi connectivity index (χ0) is 18.6. The Labute approximate surface area is 143 Å². The fourth-order valence-electron chi connectivity index (χ4n) is 2.25. The van der Waals surface area contributed by atoms with Gasteiger partial charge in [-0.15, -0.1) is 0 Å². The summed E-state index contributed by atoms with van der Waals surface area (Å²) in [5.74, 6) is -1.87. The fraction of sp³-hybridized carbons (Fsp3) is 0.222. The summed E-state index contributed by atoms with van der Waals surface area (Å²) in [4.78, 5) is 24.0. The molecule has 0 saturated heterocycles. The van der Waals surface area contributed by atoms with Gasteiger partial charge in [0.15, 0.2) is 0 Å². The van der Waals surface area contributed by atoms with Gasteiger partial charge in [0, 0.05) is 11.4 Å². The van der Waals surface area contributed by atoms with Crippen LogP contribution in [0.25, 0.3) is 0 Å². The number of rotatable bonds is 3. The Morgan fingerprint density at radius 3 is 2.20 bits per heavy atom. The lowest BCUT2D eigenvalue weighted by molar-refractivity contribution is -0.137. The first-order valence-electron chi connectivity index (χ1n) is 7.57. The largest absolute Gasteiger partial charge is 0.416 e. The van der Waals surface area contributed by atoms with Crippen LogP contribution in [0.4, 0.5) is 24.5 Å². The second-order valence-electron chi connectivity index (χ2n) is 5.73. The van der Waals surface area contributed by atoms with E-state index >= 15 is 0 Å². The van der Waals surface area contributed by atoms with E-state index in [1.807, 2.05) is 26.0 Å². The SMILES string of the molecule is CC(C)c1ccccc1NC(=O)C(=O)Nc1cccc(C(F)(F)F)c1. The second-order valence-corrected chi connectivity index (χ2v) is 5.73. The zero-order valence-corrected chi connectivity index (χ0v) is 13.6. The van der Waals surface area contributed by atoms with E-state index in [4.69, 9.17) is 0 Å². The van der Waals surface area contributed by atoms with Crippen LogP contribution in [-0.4, -0.2) is 11.8 Å². The first kappa shape index (κ1) is 18.5. The maximum Gasteiger partial charge on any atom is 0.416 e. The van der Waals surface area contributed by atoms with E-state index in [1.54, 1.807) is 12.1 Å². The third-order valence-corrected chi connectivity index (χ3v) is 3.48. The molecule has 0 unspecified atom stereocenters.